The maximum atomic E-state index is 12.8. The Morgan fingerprint density at radius 2 is 0.539 bits per heavy atom. The monoisotopic (exact) mass is 1040 g/mol. The second-order valence-corrected chi connectivity index (χ2v) is 19.1. The van der Waals surface area contributed by atoms with Crippen molar-refractivity contribution in [3.05, 3.63) is 170 Å². The van der Waals surface area contributed by atoms with Crippen molar-refractivity contribution in [1.29, 1.82) is 0 Å². The molecular weight excluding hydrogens is 937 g/mol. The fraction of sp³-hybridized carbons (Fsp3) is 0.557. The normalized spacial score (nSPS) is 13.4. The quantitative estimate of drug-likeness (QED) is 0.0261. The molecule has 0 rings (SSSR count). The van der Waals surface area contributed by atoms with Gasteiger partial charge in [0.2, 0.25) is 0 Å². The van der Waals surface area contributed by atoms with E-state index < -0.39 is 12.1 Å². The van der Waals surface area contributed by atoms with Gasteiger partial charge in [0.05, 0.1) is 0 Å². The molecule has 0 heterocycles. The van der Waals surface area contributed by atoms with Crippen molar-refractivity contribution >= 4 is 17.9 Å². The highest BCUT2D eigenvalue weighted by molar-refractivity contribution is 5.71. The van der Waals surface area contributed by atoms with Crippen LogP contribution in [0.1, 0.15) is 233 Å². The van der Waals surface area contributed by atoms with E-state index in [2.05, 4.69) is 179 Å². The summed E-state index contributed by atoms with van der Waals surface area (Å²) in [7, 11) is 0. The van der Waals surface area contributed by atoms with Crippen LogP contribution >= 0.6 is 0 Å². The third-order valence-electron chi connectivity index (χ3n) is 12.0. The molecule has 0 saturated heterocycles. The van der Waals surface area contributed by atoms with Gasteiger partial charge in [0.25, 0.3) is 0 Å². The van der Waals surface area contributed by atoms with Gasteiger partial charge in [-0.15, -0.1) is 0 Å². The van der Waals surface area contributed by atoms with Crippen LogP contribution in [-0.4, -0.2) is 37.2 Å². The highest BCUT2D eigenvalue weighted by atomic mass is 16.6. The van der Waals surface area contributed by atoms with Crippen molar-refractivity contribution < 1.29 is 28.6 Å². The third kappa shape index (κ3) is 59.6. The van der Waals surface area contributed by atoms with Gasteiger partial charge in [-0.2, -0.15) is 0 Å². The Bertz CT molecular complexity index is 1770. The molecule has 0 fully saturated rings. The number of hydrogen-bond donors (Lipinski definition) is 0. The average molecular weight is 1050 g/mol. The summed E-state index contributed by atoms with van der Waals surface area (Å²) in [5, 5.41) is 0. The lowest BCUT2D eigenvalue weighted by atomic mass is 10.0. The van der Waals surface area contributed by atoms with Crippen LogP contribution in [0.4, 0.5) is 0 Å². The zero-order valence-electron chi connectivity index (χ0n) is 48.4. The standard InChI is InChI=1S/C70H108O6/c1-4-7-10-13-16-19-22-25-27-29-31-32-33-34-35-36-37-38-40-41-43-45-48-51-54-57-60-63-69(72)75-66-67(65-74-68(71)62-59-56-53-50-47-24-21-18-15-12-9-6-3)76-70(73)64-61-58-55-52-49-46-44-42-39-30-28-26-23-20-17-14-11-8-5-2/h7-8,10-11,16-17,19-20,25-28,31-32,34-35,37-39,41-43,46,48-49,51,55,58,67H,4-6,9,12-15,18,21-24,29-30,33,36,40,44-45,47,50,52-54,56-57,59-66H2,1-3H3/b10-7-,11-8-,19-16-,20-17-,27-25-,28-26-,32-31-,35-34-,38-37-,42-39-,43-41-,49-46-,51-48-,58-55-. The van der Waals surface area contributed by atoms with E-state index in [0.29, 0.717) is 19.3 Å². The molecule has 0 aromatic heterocycles. The van der Waals surface area contributed by atoms with Crippen molar-refractivity contribution in [2.45, 2.75) is 239 Å². The van der Waals surface area contributed by atoms with Crippen LogP contribution in [0.3, 0.4) is 0 Å². The number of carbonyl (C=O) groups excluding carboxylic acids is 3. The van der Waals surface area contributed by atoms with Crippen molar-refractivity contribution in [2.24, 2.45) is 0 Å². The third-order valence-corrected chi connectivity index (χ3v) is 12.0. The summed E-state index contributed by atoms with van der Waals surface area (Å²) in [6, 6.07) is 0. The van der Waals surface area contributed by atoms with Gasteiger partial charge in [-0.25, -0.2) is 0 Å². The lowest BCUT2D eigenvalue weighted by Crippen LogP contribution is -2.30. The Morgan fingerprint density at radius 3 is 0.855 bits per heavy atom. The molecule has 0 bridgehead atoms. The predicted octanol–water partition coefficient (Wildman–Crippen LogP) is 20.7. The lowest BCUT2D eigenvalue weighted by Gasteiger charge is -2.18. The van der Waals surface area contributed by atoms with Crippen LogP contribution in [0.5, 0.6) is 0 Å². The zero-order valence-corrected chi connectivity index (χ0v) is 48.4. The van der Waals surface area contributed by atoms with E-state index in [4.69, 9.17) is 14.2 Å². The summed E-state index contributed by atoms with van der Waals surface area (Å²) in [6.07, 6.45) is 92.2. The van der Waals surface area contributed by atoms with E-state index in [1.54, 1.807) is 0 Å². The molecule has 76 heavy (non-hydrogen) atoms. The predicted molar refractivity (Wildman–Crippen MR) is 329 cm³/mol. The van der Waals surface area contributed by atoms with Gasteiger partial charge in [0.15, 0.2) is 6.10 Å². The van der Waals surface area contributed by atoms with Gasteiger partial charge in [-0.1, -0.05) is 262 Å². The van der Waals surface area contributed by atoms with Gasteiger partial charge in [-0.3, -0.25) is 14.4 Å². The van der Waals surface area contributed by atoms with E-state index in [1.165, 1.54) is 57.8 Å². The highest BCUT2D eigenvalue weighted by Crippen LogP contribution is 2.14. The van der Waals surface area contributed by atoms with Gasteiger partial charge >= 0.3 is 17.9 Å². The first-order valence-corrected chi connectivity index (χ1v) is 30.1. The Balaban J connectivity index is 4.54. The minimum Gasteiger partial charge on any atom is -0.462 e. The smallest absolute Gasteiger partial charge is 0.306 e. The summed E-state index contributed by atoms with van der Waals surface area (Å²) in [6.45, 7) is 6.29. The SMILES string of the molecule is CC/C=C\C/C=C\C/C=C\C/C=C\C/C=C\C/C=C\C/C=C\C/C=C\CCCCC(=O)OCC(COC(=O)CCCCCCCCCCCCCC)OC(=O)CC/C=C\C/C=C\C/C=C\C/C=C\C/C=C\C/C=C\CC. The van der Waals surface area contributed by atoms with E-state index in [-0.39, 0.29) is 38.0 Å². The van der Waals surface area contributed by atoms with Crippen LogP contribution in [0.2, 0.25) is 0 Å². The molecule has 0 spiro atoms. The van der Waals surface area contributed by atoms with Gasteiger partial charge in [0, 0.05) is 19.3 Å². The van der Waals surface area contributed by atoms with Crippen LogP contribution in [0.15, 0.2) is 170 Å². The second-order valence-electron chi connectivity index (χ2n) is 19.1. The van der Waals surface area contributed by atoms with Crippen LogP contribution in [0.25, 0.3) is 0 Å². The van der Waals surface area contributed by atoms with Crippen molar-refractivity contribution in [3.63, 3.8) is 0 Å². The molecule has 0 saturated carbocycles. The topological polar surface area (TPSA) is 78.9 Å². The molecule has 1 atom stereocenters. The van der Waals surface area contributed by atoms with Crippen LogP contribution in [-0.2, 0) is 28.6 Å². The molecule has 0 amide bonds. The Labute approximate surface area is 466 Å². The Kier molecular flexibility index (Phi) is 58.0. The minimum absolute atomic E-state index is 0.128. The number of ether oxygens (including phenoxy) is 3. The first-order valence-electron chi connectivity index (χ1n) is 30.1. The Hall–Kier alpha value is -5.23. The number of hydrogen-bond acceptors (Lipinski definition) is 6. The van der Waals surface area contributed by atoms with E-state index in [0.717, 1.165) is 122 Å². The zero-order chi connectivity index (χ0) is 55.0. The van der Waals surface area contributed by atoms with Crippen LogP contribution in [0, 0.1) is 0 Å². The minimum atomic E-state index is -0.844. The molecule has 0 aliphatic heterocycles. The number of carbonyl (C=O) groups is 3. The molecule has 0 N–H and O–H groups in total. The van der Waals surface area contributed by atoms with Crippen molar-refractivity contribution in [2.75, 3.05) is 13.2 Å². The maximum absolute atomic E-state index is 12.8. The Morgan fingerprint density at radius 1 is 0.276 bits per heavy atom. The largest absolute Gasteiger partial charge is 0.462 e. The molecule has 424 valence electrons. The number of rotatable bonds is 52. The van der Waals surface area contributed by atoms with Crippen LogP contribution < -0.4 is 0 Å². The number of esters is 3. The molecule has 6 nitrogen and oxygen atoms in total. The number of unbranched alkanes of at least 4 members (excludes halogenated alkanes) is 13. The molecule has 0 aliphatic carbocycles. The summed E-state index contributed by atoms with van der Waals surface area (Å²) < 4.78 is 16.8. The summed E-state index contributed by atoms with van der Waals surface area (Å²) in [4.78, 5) is 38.1. The first kappa shape index (κ1) is 70.8. The first-order chi connectivity index (χ1) is 37.5. The molecule has 0 radical (unpaired) electrons. The van der Waals surface area contributed by atoms with Crippen molar-refractivity contribution in [1.82, 2.24) is 0 Å². The summed E-state index contributed by atoms with van der Waals surface area (Å²) in [5.41, 5.74) is 0. The molecule has 0 aromatic carbocycles. The second kappa shape index (κ2) is 62.3. The molecular formula is C70H108O6. The van der Waals surface area contributed by atoms with E-state index in [9.17, 15) is 14.4 Å². The van der Waals surface area contributed by atoms with Gasteiger partial charge in [-0.05, 0) is 122 Å². The van der Waals surface area contributed by atoms with E-state index in [1.807, 2.05) is 12.2 Å². The molecule has 0 aromatic rings. The van der Waals surface area contributed by atoms with Gasteiger partial charge in [0.1, 0.15) is 13.2 Å². The lowest BCUT2D eigenvalue weighted by molar-refractivity contribution is -0.166. The summed E-state index contributed by atoms with van der Waals surface area (Å²) in [5.74, 6) is -1.07. The number of allylic oxidation sites excluding steroid dienone is 28. The summed E-state index contributed by atoms with van der Waals surface area (Å²) >= 11 is 0. The van der Waals surface area contributed by atoms with E-state index >= 15 is 0 Å². The molecule has 0 aliphatic rings. The highest BCUT2D eigenvalue weighted by Gasteiger charge is 2.19. The average Bonchev–Trinajstić information content (AvgIpc) is 3.42. The molecule has 6 heteroatoms. The van der Waals surface area contributed by atoms with Gasteiger partial charge < -0.3 is 14.2 Å². The van der Waals surface area contributed by atoms with Crippen molar-refractivity contribution in [3.8, 4) is 0 Å². The fourth-order valence-electron chi connectivity index (χ4n) is 7.54. The fourth-order valence-corrected chi connectivity index (χ4v) is 7.54. The molecule has 1 unspecified atom stereocenters. The maximum Gasteiger partial charge on any atom is 0.306 e.